The summed E-state index contributed by atoms with van der Waals surface area (Å²) in [5, 5.41) is 21.2. The first kappa shape index (κ1) is 23.1. The number of aromatic amines is 2. The Morgan fingerprint density at radius 1 is 0.750 bits per heavy atom. The Kier molecular flexibility index (Phi) is 7.64. The van der Waals surface area contributed by atoms with Gasteiger partial charge in [0.05, 0.1) is 14.2 Å². The number of fused-ring (bicyclic) bond motifs is 2. The van der Waals surface area contributed by atoms with Gasteiger partial charge in [0.15, 0.2) is 12.2 Å². The molecule has 8 heteroatoms. The van der Waals surface area contributed by atoms with E-state index in [1.165, 1.54) is 14.2 Å². The minimum atomic E-state index is -1.11. The van der Waals surface area contributed by atoms with Gasteiger partial charge in [0.25, 0.3) is 0 Å². The zero-order valence-corrected chi connectivity index (χ0v) is 17.9. The molecule has 0 aliphatic carbocycles. The van der Waals surface area contributed by atoms with Crippen LogP contribution in [0.5, 0.6) is 0 Å². The molecule has 0 aliphatic rings. The fraction of sp³-hybridized carbons (Fsp3) is 0.250. The van der Waals surface area contributed by atoms with Crippen molar-refractivity contribution in [3.8, 4) is 0 Å². The number of hydrogen-bond acceptors (Lipinski definition) is 6. The first-order valence-electron chi connectivity index (χ1n) is 10.1. The molecule has 2 aromatic carbocycles. The molecule has 4 N–H and O–H groups in total. The number of ether oxygens (including phenoxy) is 2. The molecule has 0 saturated heterocycles. The van der Waals surface area contributed by atoms with Crippen LogP contribution in [-0.4, -0.2) is 58.5 Å². The minimum Gasteiger partial charge on any atom is -0.467 e. The number of H-pyrrole nitrogens is 2. The molecule has 8 nitrogen and oxygen atoms in total. The SMILES string of the molecule is COC(=O)[C@@H](O)Cc1c[nH]c2ccccc12.COC(=O)[C@H](O)Cc1c[nH]c2ccccc12. The molecular formula is C24H26N2O6. The number of aliphatic hydroxyl groups excluding tert-OH is 2. The third-order valence-corrected chi connectivity index (χ3v) is 5.12. The van der Waals surface area contributed by atoms with Gasteiger partial charge in [0, 0.05) is 47.0 Å². The van der Waals surface area contributed by atoms with Gasteiger partial charge in [-0.05, 0) is 23.3 Å². The predicted molar refractivity (Wildman–Crippen MR) is 120 cm³/mol. The Balaban J connectivity index is 0.000000181. The number of para-hydroxylation sites is 2. The molecule has 2 aromatic heterocycles. The molecule has 32 heavy (non-hydrogen) atoms. The molecule has 168 valence electrons. The van der Waals surface area contributed by atoms with Crippen LogP contribution >= 0.6 is 0 Å². The normalized spacial score (nSPS) is 12.6. The summed E-state index contributed by atoms with van der Waals surface area (Å²) in [6.45, 7) is 0. The van der Waals surface area contributed by atoms with E-state index >= 15 is 0 Å². The molecule has 2 heterocycles. The number of carbonyl (C=O) groups is 2. The van der Waals surface area contributed by atoms with Gasteiger partial charge in [-0.25, -0.2) is 9.59 Å². The van der Waals surface area contributed by atoms with Gasteiger partial charge in [0.2, 0.25) is 0 Å². The third kappa shape index (κ3) is 5.35. The Bertz CT molecular complexity index is 1100. The molecule has 4 rings (SSSR count). The van der Waals surface area contributed by atoms with Crippen LogP contribution in [0.4, 0.5) is 0 Å². The molecule has 0 amide bonds. The van der Waals surface area contributed by atoms with Crippen molar-refractivity contribution in [2.45, 2.75) is 25.0 Å². The van der Waals surface area contributed by atoms with Gasteiger partial charge in [-0.15, -0.1) is 0 Å². The number of nitrogens with one attached hydrogen (secondary N) is 2. The molecule has 0 saturated carbocycles. The largest absolute Gasteiger partial charge is 0.467 e. The number of methoxy groups -OCH3 is 2. The number of aliphatic hydroxyl groups is 2. The van der Waals surface area contributed by atoms with E-state index < -0.39 is 24.1 Å². The van der Waals surface area contributed by atoms with Gasteiger partial charge < -0.3 is 29.7 Å². The topological polar surface area (TPSA) is 125 Å². The average molecular weight is 438 g/mol. The van der Waals surface area contributed by atoms with Crippen molar-refractivity contribution in [2.75, 3.05) is 14.2 Å². The van der Waals surface area contributed by atoms with Gasteiger partial charge in [-0.2, -0.15) is 0 Å². The van der Waals surface area contributed by atoms with Crippen molar-refractivity contribution in [3.63, 3.8) is 0 Å². The highest BCUT2D eigenvalue weighted by atomic mass is 16.5. The Hall–Kier alpha value is -3.62. The van der Waals surface area contributed by atoms with Crippen LogP contribution in [0.15, 0.2) is 60.9 Å². The number of rotatable bonds is 6. The highest BCUT2D eigenvalue weighted by molar-refractivity contribution is 5.85. The van der Waals surface area contributed by atoms with Crippen LogP contribution < -0.4 is 0 Å². The Labute approximate surface area is 184 Å². The monoisotopic (exact) mass is 438 g/mol. The van der Waals surface area contributed by atoms with Gasteiger partial charge in [0.1, 0.15) is 0 Å². The summed E-state index contributed by atoms with van der Waals surface area (Å²) in [6.07, 6.45) is 1.91. The minimum absolute atomic E-state index is 0.261. The maximum absolute atomic E-state index is 11.1. The average Bonchev–Trinajstić information content (AvgIpc) is 3.42. The van der Waals surface area contributed by atoms with E-state index in [9.17, 15) is 19.8 Å². The van der Waals surface area contributed by atoms with E-state index in [0.29, 0.717) is 0 Å². The molecule has 0 spiro atoms. The lowest BCUT2D eigenvalue weighted by molar-refractivity contribution is -0.150. The third-order valence-electron chi connectivity index (χ3n) is 5.12. The van der Waals surface area contributed by atoms with E-state index in [2.05, 4.69) is 19.4 Å². The van der Waals surface area contributed by atoms with Gasteiger partial charge >= 0.3 is 11.9 Å². The van der Waals surface area contributed by atoms with Crippen molar-refractivity contribution >= 4 is 33.7 Å². The van der Waals surface area contributed by atoms with Crippen molar-refractivity contribution in [1.29, 1.82) is 0 Å². The molecule has 0 radical (unpaired) electrons. The van der Waals surface area contributed by atoms with E-state index in [4.69, 9.17) is 0 Å². The molecular weight excluding hydrogens is 412 g/mol. The summed E-state index contributed by atoms with van der Waals surface area (Å²) >= 11 is 0. The first-order valence-corrected chi connectivity index (χ1v) is 10.1. The van der Waals surface area contributed by atoms with Crippen molar-refractivity contribution in [2.24, 2.45) is 0 Å². The number of aromatic nitrogens is 2. The number of carbonyl (C=O) groups excluding carboxylic acids is 2. The zero-order valence-electron chi connectivity index (χ0n) is 17.9. The molecule has 0 fully saturated rings. The predicted octanol–water partition coefficient (Wildman–Crippen LogP) is 2.49. The Morgan fingerprint density at radius 2 is 1.12 bits per heavy atom. The maximum Gasteiger partial charge on any atom is 0.335 e. The summed E-state index contributed by atoms with van der Waals surface area (Å²) < 4.78 is 8.95. The van der Waals surface area contributed by atoms with Crippen LogP contribution in [0.25, 0.3) is 21.8 Å². The summed E-state index contributed by atoms with van der Waals surface area (Å²) in [7, 11) is 2.53. The van der Waals surface area contributed by atoms with E-state index in [1.54, 1.807) is 12.4 Å². The number of hydrogen-bond donors (Lipinski definition) is 4. The molecule has 4 aromatic rings. The summed E-state index contributed by atoms with van der Waals surface area (Å²) in [5.74, 6) is -1.21. The molecule has 2 atom stereocenters. The zero-order chi connectivity index (χ0) is 23.1. The second kappa shape index (κ2) is 10.6. The van der Waals surface area contributed by atoms with Crippen LogP contribution in [0.2, 0.25) is 0 Å². The van der Waals surface area contributed by atoms with E-state index in [0.717, 1.165) is 32.9 Å². The number of esters is 2. The summed E-state index contributed by atoms with van der Waals surface area (Å²) in [6, 6.07) is 15.5. The summed E-state index contributed by atoms with van der Waals surface area (Å²) in [5.41, 5.74) is 3.81. The standard InChI is InChI=1S/2C12H13NO3/c2*1-16-12(15)11(14)6-8-7-13-10-5-3-2-4-9(8)10/h2*2-5,7,11,13-14H,6H2,1H3/t2*11-/m10/s1. The molecule has 0 bridgehead atoms. The lowest BCUT2D eigenvalue weighted by Gasteiger charge is -2.06. The molecule has 0 unspecified atom stereocenters. The quantitative estimate of drug-likeness (QED) is 0.343. The van der Waals surface area contributed by atoms with Crippen molar-refractivity contribution in [3.05, 3.63) is 72.1 Å². The Morgan fingerprint density at radius 3 is 1.50 bits per heavy atom. The van der Waals surface area contributed by atoms with Crippen LogP contribution in [0.1, 0.15) is 11.1 Å². The lowest BCUT2D eigenvalue weighted by Crippen LogP contribution is -2.23. The van der Waals surface area contributed by atoms with Crippen LogP contribution in [0, 0.1) is 0 Å². The fourth-order valence-corrected chi connectivity index (χ4v) is 3.46. The van der Waals surface area contributed by atoms with Crippen LogP contribution in [0.3, 0.4) is 0 Å². The second-order valence-corrected chi connectivity index (χ2v) is 7.21. The maximum atomic E-state index is 11.1. The lowest BCUT2D eigenvalue weighted by atomic mass is 10.1. The van der Waals surface area contributed by atoms with E-state index in [1.807, 2.05) is 48.5 Å². The molecule has 0 aliphatic heterocycles. The highest BCUT2D eigenvalue weighted by Gasteiger charge is 2.18. The fourth-order valence-electron chi connectivity index (χ4n) is 3.46. The number of benzene rings is 2. The highest BCUT2D eigenvalue weighted by Crippen LogP contribution is 2.20. The van der Waals surface area contributed by atoms with Crippen molar-refractivity contribution < 1.29 is 29.3 Å². The van der Waals surface area contributed by atoms with Gasteiger partial charge in [-0.3, -0.25) is 0 Å². The first-order chi connectivity index (χ1) is 15.4. The smallest absolute Gasteiger partial charge is 0.335 e. The van der Waals surface area contributed by atoms with Crippen LogP contribution in [-0.2, 0) is 31.9 Å². The summed E-state index contributed by atoms with van der Waals surface area (Å²) in [4.78, 5) is 28.4. The van der Waals surface area contributed by atoms with E-state index in [-0.39, 0.29) is 12.8 Å². The van der Waals surface area contributed by atoms with Crippen molar-refractivity contribution in [1.82, 2.24) is 9.97 Å². The van der Waals surface area contributed by atoms with Gasteiger partial charge in [-0.1, -0.05) is 36.4 Å². The second-order valence-electron chi connectivity index (χ2n) is 7.21.